The Hall–Kier alpha value is -2.96. The van der Waals surface area contributed by atoms with Crippen LogP contribution in [0.3, 0.4) is 0 Å². The quantitative estimate of drug-likeness (QED) is 0.723. The average molecular weight is 418 g/mol. The molecule has 1 atom stereocenters. The van der Waals surface area contributed by atoms with Crippen LogP contribution >= 0.6 is 0 Å². The molecule has 0 unspecified atom stereocenters. The SMILES string of the molecule is CN(Cc1ccccc1F)C(=O)C[C@@H](Cc1ccccc1F)NC(=O)OC(C)(C)C. The van der Waals surface area contributed by atoms with Crippen molar-refractivity contribution in [2.45, 2.75) is 51.8 Å². The van der Waals surface area contributed by atoms with Gasteiger partial charge in [-0.25, -0.2) is 13.6 Å². The van der Waals surface area contributed by atoms with Crippen LogP contribution in [0, 0.1) is 11.6 Å². The van der Waals surface area contributed by atoms with Gasteiger partial charge in [-0.1, -0.05) is 36.4 Å². The molecule has 0 fully saturated rings. The zero-order valence-electron chi connectivity index (χ0n) is 17.7. The van der Waals surface area contributed by atoms with Crippen molar-refractivity contribution >= 4 is 12.0 Å². The Morgan fingerprint density at radius 3 is 2.07 bits per heavy atom. The van der Waals surface area contributed by atoms with E-state index in [9.17, 15) is 18.4 Å². The summed E-state index contributed by atoms with van der Waals surface area (Å²) in [5, 5.41) is 2.66. The Kier molecular flexibility index (Phi) is 7.92. The molecule has 0 spiro atoms. The summed E-state index contributed by atoms with van der Waals surface area (Å²) >= 11 is 0. The van der Waals surface area contributed by atoms with Crippen LogP contribution in [-0.2, 0) is 22.5 Å². The molecule has 0 bridgehead atoms. The lowest BCUT2D eigenvalue weighted by molar-refractivity contribution is -0.130. The molecule has 30 heavy (non-hydrogen) atoms. The predicted octanol–water partition coefficient (Wildman–Crippen LogP) is 4.45. The van der Waals surface area contributed by atoms with Crippen LogP contribution in [0.25, 0.3) is 0 Å². The minimum absolute atomic E-state index is 0.0848. The minimum Gasteiger partial charge on any atom is -0.444 e. The number of hydrogen-bond donors (Lipinski definition) is 1. The van der Waals surface area contributed by atoms with Gasteiger partial charge in [-0.15, -0.1) is 0 Å². The smallest absolute Gasteiger partial charge is 0.407 e. The van der Waals surface area contributed by atoms with Crippen LogP contribution in [0.4, 0.5) is 13.6 Å². The summed E-state index contributed by atoms with van der Waals surface area (Å²) in [6, 6.07) is 11.7. The summed E-state index contributed by atoms with van der Waals surface area (Å²) < 4.78 is 33.3. The molecule has 0 aromatic heterocycles. The largest absolute Gasteiger partial charge is 0.444 e. The highest BCUT2D eigenvalue weighted by Crippen LogP contribution is 2.15. The fraction of sp³-hybridized carbons (Fsp3) is 0.391. The number of alkyl carbamates (subject to hydrolysis) is 1. The Morgan fingerprint density at radius 1 is 1.00 bits per heavy atom. The van der Waals surface area contributed by atoms with Gasteiger partial charge in [0, 0.05) is 31.6 Å². The van der Waals surface area contributed by atoms with E-state index in [2.05, 4.69) is 5.32 Å². The maximum absolute atomic E-state index is 14.1. The topological polar surface area (TPSA) is 58.6 Å². The summed E-state index contributed by atoms with van der Waals surface area (Å²) in [4.78, 5) is 26.3. The average Bonchev–Trinajstić information content (AvgIpc) is 2.63. The monoisotopic (exact) mass is 418 g/mol. The molecule has 2 amide bonds. The van der Waals surface area contributed by atoms with Gasteiger partial charge in [0.25, 0.3) is 0 Å². The maximum Gasteiger partial charge on any atom is 0.407 e. The van der Waals surface area contributed by atoms with Crippen molar-refractivity contribution in [1.82, 2.24) is 10.2 Å². The Balaban J connectivity index is 2.10. The van der Waals surface area contributed by atoms with Gasteiger partial charge in [-0.05, 0) is 44.9 Å². The number of hydrogen-bond acceptors (Lipinski definition) is 3. The minimum atomic E-state index is -0.710. The van der Waals surface area contributed by atoms with E-state index in [1.54, 1.807) is 64.2 Å². The number of benzene rings is 2. The fourth-order valence-corrected chi connectivity index (χ4v) is 2.91. The number of carbonyl (C=O) groups excluding carboxylic acids is 2. The maximum atomic E-state index is 14.1. The van der Waals surface area contributed by atoms with Crippen molar-refractivity contribution in [3.05, 3.63) is 71.3 Å². The van der Waals surface area contributed by atoms with Gasteiger partial charge >= 0.3 is 6.09 Å². The first-order valence-electron chi connectivity index (χ1n) is 9.75. The molecule has 0 radical (unpaired) electrons. The van der Waals surface area contributed by atoms with Crippen LogP contribution in [0.2, 0.25) is 0 Å². The molecule has 0 aliphatic rings. The number of nitrogens with one attached hydrogen (secondary N) is 1. The lowest BCUT2D eigenvalue weighted by Crippen LogP contribution is -2.43. The van der Waals surface area contributed by atoms with E-state index in [-0.39, 0.29) is 25.3 Å². The highest BCUT2D eigenvalue weighted by Gasteiger charge is 2.24. The molecule has 0 aliphatic heterocycles. The normalized spacial score (nSPS) is 12.2. The highest BCUT2D eigenvalue weighted by molar-refractivity contribution is 5.77. The molecular weight excluding hydrogens is 390 g/mol. The van der Waals surface area contributed by atoms with Gasteiger partial charge in [0.1, 0.15) is 17.2 Å². The van der Waals surface area contributed by atoms with E-state index < -0.39 is 29.4 Å². The van der Waals surface area contributed by atoms with Crippen molar-refractivity contribution in [2.24, 2.45) is 0 Å². The van der Waals surface area contributed by atoms with Gasteiger partial charge in [0.2, 0.25) is 5.91 Å². The zero-order chi connectivity index (χ0) is 22.3. The molecule has 0 saturated heterocycles. The number of halogens is 2. The van der Waals surface area contributed by atoms with E-state index in [4.69, 9.17) is 4.74 Å². The van der Waals surface area contributed by atoms with E-state index in [1.807, 2.05) is 0 Å². The molecule has 0 aliphatic carbocycles. The van der Waals surface area contributed by atoms with Crippen molar-refractivity contribution < 1.29 is 23.1 Å². The van der Waals surface area contributed by atoms with Gasteiger partial charge in [-0.2, -0.15) is 0 Å². The molecule has 1 N–H and O–H groups in total. The van der Waals surface area contributed by atoms with E-state index >= 15 is 0 Å². The van der Waals surface area contributed by atoms with Crippen molar-refractivity contribution in [3.8, 4) is 0 Å². The van der Waals surface area contributed by atoms with Gasteiger partial charge in [-0.3, -0.25) is 4.79 Å². The second-order valence-corrected chi connectivity index (χ2v) is 8.18. The molecular formula is C23H28F2N2O3. The number of carbonyl (C=O) groups is 2. The first-order valence-corrected chi connectivity index (χ1v) is 9.75. The Morgan fingerprint density at radius 2 is 1.53 bits per heavy atom. The molecule has 0 heterocycles. The van der Waals surface area contributed by atoms with Crippen molar-refractivity contribution in [1.29, 1.82) is 0 Å². The van der Waals surface area contributed by atoms with Crippen LogP contribution in [-0.4, -0.2) is 35.6 Å². The van der Waals surface area contributed by atoms with Crippen LogP contribution in [0.1, 0.15) is 38.3 Å². The second-order valence-electron chi connectivity index (χ2n) is 8.18. The fourth-order valence-electron chi connectivity index (χ4n) is 2.91. The van der Waals surface area contributed by atoms with E-state index in [0.717, 1.165) is 0 Å². The summed E-state index contributed by atoms with van der Waals surface area (Å²) in [6.45, 7) is 5.27. The summed E-state index contributed by atoms with van der Waals surface area (Å²) in [5.41, 5.74) is 0.0559. The molecule has 162 valence electrons. The molecule has 7 heteroatoms. The molecule has 2 aromatic carbocycles. The lowest BCUT2D eigenvalue weighted by Gasteiger charge is -2.25. The van der Waals surface area contributed by atoms with E-state index in [0.29, 0.717) is 11.1 Å². The van der Waals surface area contributed by atoms with Gasteiger partial charge in [0.15, 0.2) is 0 Å². The Bertz CT molecular complexity index is 881. The molecule has 2 aromatic rings. The third kappa shape index (κ3) is 7.46. The van der Waals surface area contributed by atoms with Crippen molar-refractivity contribution in [3.63, 3.8) is 0 Å². The standard InChI is InChI=1S/C23H28F2N2O3/c1-23(2,3)30-22(29)26-18(13-16-9-5-7-11-19(16)24)14-21(28)27(4)15-17-10-6-8-12-20(17)25/h5-12,18H,13-15H2,1-4H3,(H,26,29)/t18-/m1/s1. The van der Waals surface area contributed by atoms with Gasteiger partial charge < -0.3 is 15.0 Å². The third-order valence-electron chi connectivity index (χ3n) is 4.36. The first kappa shape index (κ1) is 23.3. The second kappa shape index (κ2) is 10.2. The molecule has 2 rings (SSSR count). The number of nitrogens with zero attached hydrogens (tertiary/aromatic N) is 1. The Labute approximate surface area is 176 Å². The molecule has 0 saturated carbocycles. The third-order valence-corrected chi connectivity index (χ3v) is 4.36. The number of amides is 2. The number of ether oxygens (including phenoxy) is 1. The van der Waals surface area contributed by atoms with Crippen LogP contribution in [0.15, 0.2) is 48.5 Å². The molecule has 5 nitrogen and oxygen atoms in total. The number of rotatable bonds is 7. The predicted molar refractivity (Wildman–Crippen MR) is 111 cm³/mol. The zero-order valence-corrected chi connectivity index (χ0v) is 17.7. The summed E-state index contributed by atoms with van der Waals surface area (Å²) in [5.74, 6) is -1.12. The summed E-state index contributed by atoms with van der Waals surface area (Å²) in [7, 11) is 1.56. The van der Waals surface area contributed by atoms with Crippen LogP contribution < -0.4 is 5.32 Å². The van der Waals surface area contributed by atoms with Crippen LogP contribution in [0.5, 0.6) is 0 Å². The van der Waals surface area contributed by atoms with E-state index in [1.165, 1.54) is 17.0 Å². The van der Waals surface area contributed by atoms with Crippen molar-refractivity contribution in [2.75, 3.05) is 7.05 Å². The highest BCUT2D eigenvalue weighted by atomic mass is 19.1. The summed E-state index contributed by atoms with van der Waals surface area (Å²) in [6.07, 6.45) is -0.655. The lowest BCUT2D eigenvalue weighted by atomic mass is 10.0. The van der Waals surface area contributed by atoms with Gasteiger partial charge in [0.05, 0.1) is 0 Å². The first-order chi connectivity index (χ1) is 14.0.